The highest BCUT2D eigenvalue weighted by atomic mass is 16.6. The first-order valence-electron chi connectivity index (χ1n) is 7.44. The normalized spacial score (nSPS) is 12.1. The molecule has 0 saturated carbocycles. The van der Waals surface area contributed by atoms with Gasteiger partial charge in [0.15, 0.2) is 0 Å². The molecule has 1 atom stereocenters. The Balaban J connectivity index is 2.32. The lowest BCUT2D eigenvalue weighted by atomic mass is 10.2. The van der Waals surface area contributed by atoms with Crippen LogP contribution in [0, 0.1) is 0 Å². The molecule has 0 fully saturated rings. The van der Waals surface area contributed by atoms with Gasteiger partial charge in [0, 0.05) is 6.42 Å². The van der Waals surface area contributed by atoms with Gasteiger partial charge in [0.1, 0.15) is 18.5 Å². The highest BCUT2D eigenvalue weighted by molar-refractivity contribution is 5.74. The first kappa shape index (κ1) is 18.7. The van der Waals surface area contributed by atoms with Crippen molar-refractivity contribution in [1.29, 1.82) is 0 Å². The Morgan fingerprint density at radius 2 is 1.87 bits per heavy atom. The molecule has 6 nitrogen and oxygen atoms in total. The molecule has 0 radical (unpaired) electrons. The Morgan fingerprint density at radius 1 is 1.22 bits per heavy atom. The molecule has 0 bridgehead atoms. The highest BCUT2D eigenvalue weighted by Crippen LogP contribution is 2.08. The second kappa shape index (κ2) is 8.92. The number of esters is 1. The first-order valence-corrected chi connectivity index (χ1v) is 7.44. The molecule has 1 aromatic carbocycles. The molecule has 1 N–H and O–H groups in total. The maximum Gasteiger partial charge on any atom is 0.408 e. The van der Waals surface area contributed by atoms with Crippen LogP contribution in [0.2, 0.25) is 0 Å². The van der Waals surface area contributed by atoms with Crippen LogP contribution < -0.4 is 5.32 Å². The molecule has 0 aliphatic rings. The van der Waals surface area contributed by atoms with Gasteiger partial charge in [-0.3, -0.25) is 4.79 Å². The smallest absolute Gasteiger partial charge is 0.408 e. The molecule has 0 unspecified atom stereocenters. The summed E-state index contributed by atoms with van der Waals surface area (Å²) in [5.41, 5.74) is 0.242. The van der Waals surface area contributed by atoms with Gasteiger partial charge in [-0.2, -0.15) is 0 Å². The average molecular weight is 321 g/mol. The zero-order chi connectivity index (χ0) is 17.3. The van der Waals surface area contributed by atoms with E-state index in [1.807, 2.05) is 30.3 Å². The van der Waals surface area contributed by atoms with E-state index in [0.717, 1.165) is 5.56 Å². The van der Waals surface area contributed by atoms with E-state index in [2.05, 4.69) is 5.32 Å². The first-order chi connectivity index (χ1) is 10.8. The summed E-state index contributed by atoms with van der Waals surface area (Å²) in [5, 5.41) is 2.42. The van der Waals surface area contributed by atoms with Crippen molar-refractivity contribution in [3.63, 3.8) is 0 Å². The van der Waals surface area contributed by atoms with Gasteiger partial charge >= 0.3 is 12.1 Å². The lowest BCUT2D eigenvalue weighted by Gasteiger charge is -2.21. The molecule has 6 heteroatoms. The number of rotatable bonds is 7. The maximum absolute atomic E-state index is 11.7. The molecule has 0 heterocycles. The van der Waals surface area contributed by atoms with Crippen molar-refractivity contribution < 1.29 is 23.9 Å². The fourth-order valence-electron chi connectivity index (χ4n) is 1.72. The van der Waals surface area contributed by atoms with Crippen LogP contribution in [0.4, 0.5) is 4.79 Å². The Kier molecular flexibility index (Phi) is 7.25. The lowest BCUT2D eigenvalue weighted by Crippen LogP contribution is -2.40. The minimum absolute atomic E-state index is 0.0338. The Hall–Kier alpha value is -2.37. The Bertz CT molecular complexity index is 522. The van der Waals surface area contributed by atoms with E-state index >= 15 is 0 Å². The van der Waals surface area contributed by atoms with Gasteiger partial charge in [0.2, 0.25) is 0 Å². The molecule has 0 aliphatic carbocycles. The summed E-state index contributed by atoms with van der Waals surface area (Å²) in [5.74, 6) is -0.424. The fourth-order valence-corrected chi connectivity index (χ4v) is 1.72. The number of amides is 1. The average Bonchev–Trinajstić information content (AvgIpc) is 2.48. The van der Waals surface area contributed by atoms with Crippen molar-refractivity contribution in [3.8, 4) is 0 Å². The van der Waals surface area contributed by atoms with Crippen molar-refractivity contribution in [1.82, 2.24) is 5.32 Å². The minimum Gasteiger partial charge on any atom is -0.461 e. The summed E-state index contributed by atoms with van der Waals surface area (Å²) in [6.07, 6.45) is 0.0869. The molecule has 0 spiro atoms. The van der Waals surface area contributed by atoms with Gasteiger partial charge in [-0.25, -0.2) is 4.79 Å². The summed E-state index contributed by atoms with van der Waals surface area (Å²) in [6, 6.07) is 8.51. The zero-order valence-electron chi connectivity index (χ0n) is 13.7. The third-order valence-corrected chi connectivity index (χ3v) is 2.77. The third kappa shape index (κ3) is 8.60. The number of benzene rings is 1. The minimum atomic E-state index is -0.783. The van der Waals surface area contributed by atoms with Crippen LogP contribution in [0.25, 0.3) is 0 Å². The van der Waals surface area contributed by atoms with E-state index in [4.69, 9.17) is 9.47 Å². The lowest BCUT2D eigenvalue weighted by molar-refractivity contribution is -0.145. The van der Waals surface area contributed by atoms with E-state index in [1.165, 1.54) is 0 Å². The van der Waals surface area contributed by atoms with Gasteiger partial charge in [0.05, 0.1) is 6.04 Å². The molecule has 23 heavy (non-hydrogen) atoms. The van der Waals surface area contributed by atoms with Gasteiger partial charge in [0.25, 0.3) is 0 Å². The zero-order valence-corrected chi connectivity index (χ0v) is 13.7. The summed E-state index contributed by atoms with van der Waals surface area (Å²) in [7, 11) is 0. The topological polar surface area (TPSA) is 81.7 Å². The molecular weight excluding hydrogens is 298 g/mol. The summed E-state index contributed by atoms with van der Waals surface area (Å²) >= 11 is 0. The summed E-state index contributed by atoms with van der Waals surface area (Å²) in [6.45, 7) is 5.36. The van der Waals surface area contributed by atoms with E-state index in [9.17, 15) is 14.4 Å². The number of alkyl carbamates (subject to hydrolysis) is 1. The Labute approximate surface area is 136 Å². The van der Waals surface area contributed by atoms with Crippen LogP contribution in [0.3, 0.4) is 0 Å². The van der Waals surface area contributed by atoms with Gasteiger partial charge in [-0.15, -0.1) is 0 Å². The number of nitrogens with one attached hydrogen (secondary N) is 1. The summed E-state index contributed by atoms with van der Waals surface area (Å²) in [4.78, 5) is 34.2. The predicted molar refractivity (Wildman–Crippen MR) is 84.7 cm³/mol. The van der Waals surface area contributed by atoms with Crippen LogP contribution in [-0.4, -0.2) is 30.0 Å². The largest absolute Gasteiger partial charge is 0.461 e. The molecule has 0 aliphatic heterocycles. The van der Waals surface area contributed by atoms with Crippen LogP contribution in [0.5, 0.6) is 0 Å². The number of carbonyl (C=O) groups excluding carboxylic acids is 3. The monoisotopic (exact) mass is 321 g/mol. The van der Waals surface area contributed by atoms with Crippen molar-refractivity contribution in [2.75, 3.05) is 0 Å². The van der Waals surface area contributed by atoms with Crippen LogP contribution in [0.15, 0.2) is 30.3 Å². The molecule has 1 aromatic rings. The van der Waals surface area contributed by atoms with Gasteiger partial charge in [-0.1, -0.05) is 30.3 Å². The molecule has 0 aromatic heterocycles. The van der Waals surface area contributed by atoms with E-state index in [0.29, 0.717) is 6.29 Å². The summed E-state index contributed by atoms with van der Waals surface area (Å²) < 4.78 is 10.2. The number of hydrogen-bond acceptors (Lipinski definition) is 5. The number of carbonyl (C=O) groups is 3. The van der Waals surface area contributed by atoms with Crippen molar-refractivity contribution in [2.24, 2.45) is 0 Å². The predicted octanol–water partition coefficient (Wildman–Crippen LogP) is 2.60. The quantitative estimate of drug-likeness (QED) is 0.616. The van der Waals surface area contributed by atoms with Crippen molar-refractivity contribution in [3.05, 3.63) is 35.9 Å². The Morgan fingerprint density at radius 3 is 2.43 bits per heavy atom. The SMILES string of the molecule is CC(C)(C)OC(=O)N[C@H](C=O)CCC(=O)OCc1ccccc1. The van der Waals surface area contributed by atoms with Crippen LogP contribution >= 0.6 is 0 Å². The third-order valence-electron chi connectivity index (χ3n) is 2.77. The highest BCUT2D eigenvalue weighted by Gasteiger charge is 2.20. The van der Waals surface area contributed by atoms with Crippen molar-refractivity contribution in [2.45, 2.75) is 51.9 Å². The molecule has 1 rings (SSSR count). The molecule has 0 saturated heterocycles. The van der Waals surface area contributed by atoms with Crippen LogP contribution in [0.1, 0.15) is 39.2 Å². The maximum atomic E-state index is 11.7. The van der Waals surface area contributed by atoms with E-state index in [1.54, 1.807) is 20.8 Å². The van der Waals surface area contributed by atoms with Gasteiger partial charge < -0.3 is 19.6 Å². The number of hydrogen-bond donors (Lipinski definition) is 1. The molecule has 126 valence electrons. The van der Waals surface area contributed by atoms with E-state index < -0.39 is 23.7 Å². The number of ether oxygens (including phenoxy) is 2. The van der Waals surface area contributed by atoms with Gasteiger partial charge in [-0.05, 0) is 32.8 Å². The van der Waals surface area contributed by atoms with Crippen molar-refractivity contribution >= 4 is 18.3 Å². The number of aldehydes is 1. The molecular formula is C17H23NO5. The second-order valence-electron chi connectivity index (χ2n) is 6.07. The van der Waals surface area contributed by atoms with E-state index in [-0.39, 0.29) is 19.4 Å². The van der Waals surface area contributed by atoms with Crippen LogP contribution in [-0.2, 0) is 25.7 Å². The fraction of sp³-hybridized carbons (Fsp3) is 0.471. The molecule has 1 amide bonds. The second-order valence-corrected chi connectivity index (χ2v) is 6.07. The standard InChI is InChI=1S/C17H23NO5/c1-17(2,3)23-16(21)18-14(11-19)9-10-15(20)22-12-13-7-5-4-6-8-13/h4-8,11,14H,9-10,12H2,1-3H3,(H,18,21)/t14-/m0/s1.